The average Bonchev–Trinajstić information content (AvgIpc) is 1.48. The van der Waals surface area contributed by atoms with Crippen LogP contribution >= 0.6 is 0 Å². The minimum Gasteiger partial charge on any atom is -0.493 e. The molecule has 5 aromatic heterocycles. The number of pyridine rings is 3. The number of ether oxygens (including phenoxy) is 5. The first-order chi connectivity index (χ1) is 45.4. The summed E-state index contributed by atoms with van der Waals surface area (Å²) in [6, 6.07) is 28.1. The third kappa shape index (κ3) is 23.9. The number of quaternary nitrogens is 2. The zero-order valence-corrected chi connectivity index (χ0v) is 56.5. The molecule has 0 spiro atoms. The Bertz CT molecular complexity index is 3690. The van der Waals surface area contributed by atoms with E-state index in [-0.39, 0.29) is 23.9 Å². The SMILES string of the molecule is CCCC[N+](C)(C)CCCn1cc(CCOc2ccc(C#Cc3cc(CN4CCN(CC(=O)OC)Cc5cccc(n5)CN(Cc5cc(C#Cc6ccc(OCCc7cn(CCC[N+](C)(C)CCCC)nn7)cc6)cc(C(=O)OC)n5)CC4)nc(C(=O)OC)c3)cc2)nn1. The molecule has 0 fully saturated rings. The third-order valence-corrected chi connectivity index (χ3v) is 16.4. The van der Waals surface area contributed by atoms with E-state index >= 15 is 0 Å². The predicted octanol–water partition coefficient (Wildman–Crippen LogP) is 7.70. The first kappa shape index (κ1) is 71.0. The van der Waals surface area contributed by atoms with E-state index in [9.17, 15) is 14.4 Å². The Morgan fingerprint density at radius 1 is 0.489 bits per heavy atom. The highest BCUT2D eigenvalue weighted by atomic mass is 16.5. The summed E-state index contributed by atoms with van der Waals surface area (Å²) >= 11 is 0. The van der Waals surface area contributed by atoms with Crippen molar-refractivity contribution in [1.82, 2.24) is 59.6 Å². The molecular weight excluding hydrogens is 1190 g/mol. The van der Waals surface area contributed by atoms with Crippen LogP contribution in [0.2, 0.25) is 0 Å². The number of unbranched alkanes of at least 4 members (excludes halogenated alkanes) is 2. The average molecular weight is 1280 g/mol. The lowest BCUT2D eigenvalue weighted by Crippen LogP contribution is -2.41. The lowest BCUT2D eigenvalue weighted by molar-refractivity contribution is -0.890. The van der Waals surface area contributed by atoms with Crippen LogP contribution in [0.4, 0.5) is 0 Å². The van der Waals surface area contributed by atoms with Crippen LogP contribution in [0.25, 0.3) is 0 Å². The van der Waals surface area contributed by atoms with E-state index in [1.54, 1.807) is 12.1 Å². The van der Waals surface area contributed by atoms with Crippen LogP contribution in [0.5, 0.6) is 11.5 Å². The fourth-order valence-corrected chi connectivity index (χ4v) is 11.0. The molecule has 0 atom stereocenters. The van der Waals surface area contributed by atoms with Gasteiger partial charge in [0.1, 0.15) is 22.9 Å². The van der Waals surface area contributed by atoms with Crippen molar-refractivity contribution in [3.63, 3.8) is 0 Å². The number of rotatable bonds is 30. The summed E-state index contributed by atoms with van der Waals surface area (Å²) < 4.78 is 33.5. The summed E-state index contributed by atoms with van der Waals surface area (Å²) in [5.41, 5.74) is 7.54. The largest absolute Gasteiger partial charge is 0.493 e. The van der Waals surface area contributed by atoms with Crippen LogP contribution in [-0.4, -0.2) is 208 Å². The molecule has 498 valence electrons. The monoisotopic (exact) mass is 1280 g/mol. The number of methoxy groups -OCH3 is 3. The highest BCUT2D eigenvalue weighted by Gasteiger charge is 2.22. The van der Waals surface area contributed by atoms with E-state index in [1.807, 2.05) is 106 Å². The lowest BCUT2D eigenvalue weighted by atomic mass is 10.1. The molecule has 6 heterocycles. The number of aryl methyl sites for hydroxylation is 2. The Balaban J connectivity index is 0.932. The molecule has 0 saturated carbocycles. The Morgan fingerprint density at radius 3 is 1.37 bits per heavy atom. The maximum absolute atomic E-state index is 13.2. The van der Waals surface area contributed by atoms with E-state index < -0.39 is 11.9 Å². The zero-order valence-electron chi connectivity index (χ0n) is 56.5. The van der Waals surface area contributed by atoms with Gasteiger partial charge in [0, 0.05) is 126 Å². The van der Waals surface area contributed by atoms with Crippen LogP contribution in [0, 0.1) is 23.7 Å². The second-order valence-electron chi connectivity index (χ2n) is 25.2. The summed E-state index contributed by atoms with van der Waals surface area (Å²) in [7, 11) is 13.2. The summed E-state index contributed by atoms with van der Waals surface area (Å²) in [6.07, 6.45) is 12.2. The van der Waals surface area contributed by atoms with Gasteiger partial charge in [0.2, 0.25) is 0 Å². The van der Waals surface area contributed by atoms with Crippen LogP contribution in [0.15, 0.2) is 103 Å². The van der Waals surface area contributed by atoms with Crippen molar-refractivity contribution in [3.8, 4) is 35.2 Å². The van der Waals surface area contributed by atoms with E-state index in [0.717, 1.165) is 81.9 Å². The van der Waals surface area contributed by atoms with Gasteiger partial charge in [0.15, 0.2) is 0 Å². The number of hydrogen-bond acceptors (Lipinski definition) is 18. The summed E-state index contributed by atoms with van der Waals surface area (Å²) in [6.45, 7) is 15.1. The Hall–Kier alpha value is -8.90. The molecule has 0 radical (unpaired) electrons. The van der Waals surface area contributed by atoms with Crippen molar-refractivity contribution in [2.45, 2.75) is 104 Å². The van der Waals surface area contributed by atoms with Crippen molar-refractivity contribution in [2.24, 2.45) is 0 Å². The minimum absolute atomic E-state index is 0.0604. The van der Waals surface area contributed by atoms with E-state index in [2.05, 4.69) is 96.1 Å². The molecular formula is C72H94N14O8+2. The van der Waals surface area contributed by atoms with Crippen LogP contribution < -0.4 is 9.47 Å². The van der Waals surface area contributed by atoms with E-state index in [0.29, 0.717) is 112 Å². The summed E-state index contributed by atoms with van der Waals surface area (Å²) in [5, 5.41) is 17.4. The van der Waals surface area contributed by atoms with E-state index in [4.69, 9.17) is 38.6 Å². The highest BCUT2D eigenvalue weighted by molar-refractivity contribution is 5.88. The van der Waals surface area contributed by atoms with Gasteiger partial charge in [-0.25, -0.2) is 19.6 Å². The molecule has 8 rings (SSSR count). The smallest absolute Gasteiger partial charge is 0.356 e. The molecule has 1 aliphatic heterocycles. The molecule has 2 aromatic carbocycles. The quantitative estimate of drug-likeness (QED) is 0.0183. The normalized spacial score (nSPS) is 13.3. The second kappa shape index (κ2) is 36.0. The predicted molar refractivity (Wildman–Crippen MR) is 358 cm³/mol. The lowest BCUT2D eigenvalue weighted by Gasteiger charge is -2.31. The fraction of sp³-hybridized carbons (Fsp3) is 0.472. The van der Waals surface area contributed by atoms with Crippen molar-refractivity contribution < 1.29 is 47.0 Å². The number of esters is 3. The van der Waals surface area contributed by atoms with E-state index in [1.165, 1.54) is 60.1 Å². The highest BCUT2D eigenvalue weighted by Crippen LogP contribution is 2.19. The molecule has 0 aliphatic carbocycles. The standard InChI is InChI=1S/C72H94N14O8/c1-10-12-39-85(3,4)41-15-33-83-53-62(76-78-83)31-43-93-66-27-23-56(24-28-66)19-21-58-45-64(74-68(47-58)71(88)91-8)51-80-35-37-81(49-60-17-14-18-61(73-60)50-82(38-36-80)55-70(87)90-7)52-65-46-59(48-69(75-65)72(89)92-9)22-20-57-25-29-67(30-26-57)94-44-32-63-54-84(79-77-63)34-16-42-86(5,6)40-13-11-2/h14,17-18,23-30,45-48,53-54H,10-13,15-16,31-44,49-52,55H2,1-9H3/q+2. The number of fused-ring (bicyclic) bond motifs is 2. The van der Waals surface area contributed by atoms with Gasteiger partial charge >= 0.3 is 17.9 Å². The van der Waals surface area contributed by atoms with Gasteiger partial charge in [-0.1, -0.05) is 66.9 Å². The molecule has 1 aliphatic rings. The van der Waals surface area contributed by atoms with Gasteiger partial charge < -0.3 is 32.7 Å². The molecule has 94 heavy (non-hydrogen) atoms. The first-order valence-corrected chi connectivity index (χ1v) is 32.7. The number of carbonyl (C=O) groups excluding carboxylic acids is 3. The van der Waals surface area contributed by atoms with Crippen molar-refractivity contribution >= 4 is 17.9 Å². The van der Waals surface area contributed by atoms with Crippen molar-refractivity contribution in [3.05, 3.63) is 171 Å². The molecule has 22 heteroatoms. The van der Waals surface area contributed by atoms with Crippen LogP contribution in [-0.2, 0) is 71.1 Å². The summed E-state index contributed by atoms with van der Waals surface area (Å²) in [5.74, 6) is 12.9. The molecule has 7 aromatic rings. The Kier molecular flexibility index (Phi) is 27.1. The number of aromatic nitrogens is 9. The molecule has 22 nitrogen and oxygen atoms in total. The molecule has 0 saturated heterocycles. The Morgan fingerprint density at radius 2 is 0.915 bits per heavy atom. The van der Waals surface area contributed by atoms with Crippen LogP contribution in [0.1, 0.15) is 130 Å². The second-order valence-corrected chi connectivity index (χ2v) is 25.2. The molecule has 0 amide bonds. The molecule has 0 unspecified atom stereocenters. The van der Waals surface area contributed by atoms with Gasteiger partial charge in [-0.15, -0.1) is 10.2 Å². The van der Waals surface area contributed by atoms with Crippen molar-refractivity contribution in [2.75, 3.05) is 122 Å². The number of carbonyl (C=O) groups is 3. The van der Waals surface area contributed by atoms with Crippen LogP contribution in [0.3, 0.4) is 0 Å². The first-order valence-electron chi connectivity index (χ1n) is 32.7. The zero-order chi connectivity index (χ0) is 66.7. The number of hydrogen-bond donors (Lipinski definition) is 0. The maximum Gasteiger partial charge on any atom is 0.356 e. The summed E-state index contributed by atoms with van der Waals surface area (Å²) in [4.78, 5) is 60.3. The minimum atomic E-state index is -0.589. The topological polar surface area (TPSA) is 207 Å². The van der Waals surface area contributed by atoms with Crippen molar-refractivity contribution in [1.29, 1.82) is 0 Å². The van der Waals surface area contributed by atoms with Gasteiger partial charge in [-0.2, -0.15) is 0 Å². The molecule has 2 bridgehead atoms. The fourth-order valence-electron chi connectivity index (χ4n) is 11.0. The van der Waals surface area contributed by atoms with Gasteiger partial charge in [-0.05, 0) is 97.8 Å². The van der Waals surface area contributed by atoms with Gasteiger partial charge in [-0.3, -0.25) is 33.8 Å². The number of benzene rings is 2. The third-order valence-electron chi connectivity index (χ3n) is 16.4. The number of nitrogens with zero attached hydrogens (tertiary/aromatic N) is 14. The Labute approximate surface area is 554 Å². The maximum atomic E-state index is 13.2. The molecule has 0 N–H and O–H groups in total. The van der Waals surface area contributed by atoms with Gasteiger partial charge in [0.25, 0.3) is 0 Å². The van der Waals surface area contributed by atoms with Gasteiger partial charge in [0.05, 0.1) is 130 Å².